The van der Waals surface area contributed by atoms with Crippen LogP contribution in [0.5, 0.6) is 0 Å². The minimum absolute atomic E-state index is 0.140. The molecule has 0 radical (unpaired) electrons. The third kappa shape index (κ3) is 2.88. The first-order valence-electron chi connectivity index (χ1n) is 6.68. The lowest BCUT2D eigenvalue weighted by Gasteiger charge is -2.19. The van der Waals surface area contributed by atoms with Gasteiger partial charge in [-0.05, 0) is 52.7 Å². The molecule has 1 unspecified atom stereocenters. The van der Waals surface area contributed by atoms with Crippen molar-refractivity contribution in [1.29, 1.82) is 0 Å². The van der Waals surface area contributed by atoms with E-state index >= 15 is 0 Å². The lowest BCUT2D eigenvalue weighted by atomic mass is 10.1. The molecule has 2 heterocycles. The van der Waals surface area contributed by atoms with Crippen molar-refractivity contribution in [1.82, 2.24) is 9.55 Å². The largest absolute Gasteiger partial charge is 0.467 e. The van der Waals surface area contributed by atoms with E-state index in [9.17, 15) is 0 Å². The van der Waals surface area contributed by atoms with Gasteiger partial charge in [0.2, 0.25) is 0 Å². The Morgan fingerprint density at radius 1 is 1.33 bits per heavy atom. The molecule has 21 heavy (non-hydrogen) atoms. The molecule has 4 nitrogen and oxygen atoms in total. The molecule has 5 heteroatoms. The molecule has 0 aliphatic rings. The lowest BCUT2D eigenvalue weighted by Crippen LogP contribution is -2.16. The quantitative estimate of drug-likeness (QED) is 0.767. The predicted molar refractivity (Wildman–Crippen MR) is 86.3 cm³/mol. The van der Waals surface area contributed by atoms with Crippen LogP contribution in [0.4, 0.5) is 5.69 Å². The van der Waals surface area contributed by atoms with Crippen molar-refractivity contribution < 1.29 is 4.42 Å². The van der Waals surface area contributed by atoms with Gasteiger partial charge in [0.25, 0.3) is 0 Å². The summed E-state index contributed by atoms with van der Waals surface area (Å²) in [5, 5.41) is 3.50. The number of benzene rings is 1. The van der Waals surface area contributed by atoms with Crippen molar-refractivity contribution in [2.75, 3.05) is 5.32 Å². The van der Waals surface area contributed by atoms with Crippen LogP contribution >= 0.6 is 15.9 Å². The molecule has 0 amide bonds. The van der Waals surface area contributed by atoms with Crippen LogP contribution in [0.15, 0.2) is 57.9 Å². The van der Waals surface area contributed by atoms with Crippen molar-refractivity contribution in [2.45, 2.75) is 13.0 Å². The second-order valence-corrected chi connectivity index (χ2v) is 5.83. The van der Waals surface area contributed by atoms with Crippen LogP contribution in [0.2, 0.25) is 0 Å². The Morgan fingerprint density at radius 2 is 2.19 bits per heavy atom. The highest BCUT2D eigenvalue weighted by Crippen LogP contribution is 2.30. The molecular formula is C16H16BrN3O. The average Bonchev–Trinajstić information content (AvgIpc) is 3.10. The van der Waals surface area contributed by atoms with Gasteiger partial charge in [-0.1, -0.05) is 6.07 Å². The molecule has 108 valence electrons. The summed E-state index contributed by atoms with van der Waals surface area (Å²) in [4.78, 5) is 4.44. The van der Waals surface area contributed by atoms with E-state index in [1.54, 1.807) is 12.5 Å². The Bertz CT molecular complexity index is 734. The topological polar surface area (TPSA) is 43.0 Å². The number of nitrogens with one attached hydrogen (secondary N) is 1. The predicted octanol–water partition coefficient (Wildman–Crippen LogP) is 4.29. The number of aryl methyl sites for hydroxylation is 2. The van der Waals surface area contributed by atoms with Crippen molar-refractivity contribution >= 4 is 21.6 Å². The summed E-state index contributed by atoms with van der Waals surface area (Å²) in [5.74, 6) is 1.73. The SMILES string of the molecule is Cc1ccc(NC(c2ccco2)c2nccn2C)c(Br)c1. The number of imidazole rings is 1. The van der Waals surface area contributed by atoms with Crippen molar-refractivity contribution in [2.24, 2.45) is 7.05 Å². The fourth-order valence-corrected chi connectivity index (χ4v) is 2.87. The third-order valence-electron chi connectivity index (χ3n) is 3.37. The maximum atomic E-state index is 5.58. The number of nitrogens with zero attached hydrogens (tertiary/aromatic N) is 2. The van der Waals surface area contributed by atoms with Gasteiger partial charge in [-0.2, -0.15) is 0 Å². The Morgan fingerprint density at radius 3 is 2.81 bits per heavy atom. The zero-order valence-electron chi connectivity index (χ0n) is 11.9. The summed E-state index contributed by atoms with van der Waals surface area (Å²) in [6, 6.07) is 9.91. The van der Waals surface area contributed by atoms with Gasteiger partial charge >= 0.3 is 0 Å². The van der Waals surface area contributed by atoms with Crippen molar-refractivity contribution in [3.63, 3.8) is 0 Å². The van der Waals surface area contributed by atoms with E-state index in [0.717, 1.165) is 21.7 Å². The molecule has 3 aromatic rings. The second kappa shape index (κ2) is 5.77. The molecule has 1 aromatic carbocycles. The van der Waals surface area contributed by atoms with E-state index in [4.69, 9.17) is 4.42 Å². The normalized spacial score (nSPS) is 12.3. The standard InChI is InChI=1S/C16H16BrN3O/c1-11-5-6-13(12(17)10-11)19-15(14-4-3-9-21-14)16-18-7-8-20(16)2/h3-10,15,19H,1-2H3. The van der Waals surface area contributed by atoms with Crippen LogP contribution in [0.25, 0.3) is 0 Å². The summed E-state index contributed by atoms with van der Waals surface area (Å²) in [6.45, 7) is 2.07. The van der Waals surface area contributed by atoms with E-state index in [2.05, 4.69) is 51.4 Å². The number of hydrogen-bond acceptors (Lipinski definition) is 3. The molecule has 0 aliphatic heterocycles. The van der Waals surface area contributed by atoms with Crippen LogP contribution in [-0.4, -0.2) is 9.55 Å². The zero-order chi connectivity index (χ0) is 14.8. The summed E-state index contributed by atoms with van der Waals surface area (Å²) in [6.07, 6.45) is 5.39. The Balaban J connectivity index is 1.99. The first-order chi connectivity index (χ1) is 10.1. The Hall–Kier alpha value is -2.01. The van der Waals surface area contributed by atoms with Crippen LogP contribution in [-0.2, 0) is 7.05 Å². The maximum absolute atomic E-state index is 5.58. The fraction of sp³-hybridized carbons (Fsp3) is 0.188. The second-order valence-electron chi connectivity index (χ2n) is 4.97. The van der Waals surface area contributed by atoms with E-state index in [1.807, 2.05) is 29.9 Å². The zero-order valence-corrected chi connectivity index (χ0v) is 13.5. The summed E-state index contributed by atoms with van der Waals surface area (Å²) in [5.41, 5.74) is 2.21. The molecular weight excluding hydrogens is 330 g/mol. The highest BCUT2D eigenvalue weighted by atomic mass is 79.9. The van der Waals surface area contributed by atoms with Crippen LogP contribution in [0.1, 0.15) is 23.2 Å². The van der Waals surface area contributed by atoms with Crippen LogP contribution in [0.3, 0.4) is 0 Å². The van der Waals surface area contributed by atoms with E-state index in [1.165, 1.54) is 5.56 Å². The molecule has 1 N–H and O–H groups in total. The molecule has 0 saturated heterocycles. The molecule has 2 aromatic heterocycles. The molecule has 0 spiro atoms. The lowest BCUT2D eigenvalue weighted by molar-refractivity contribution is 0.488. The Labute approximate surface area is 131 Å². The highest BCUT2D eigenvalue weighted by molar-refractivity contribution is 9.10. The van der Waals surface area contributed by atoms with Gasteiger partial charge in [-0.15, -0.1) is 0 Å². The third-order valence-corrected chi connectivity index (χ3v) is 4.02. The molecule has 0 fully saturated rings. The number of rotatable bonds is 4. The number of aromatic nitrogens is 2. The molecule has 3 rings (SSSR count). The van der Waals surface area contributed by atoms with Crippen LogP contribution in [0, 0.1) is 6.92 Å². The number of halogens is 1. The van der Waals surface area contributed by atoms with Crippen molar-refractivity contribution in [3.05, 3.63) is 70.6 Å². The highest BCUT2D eigenvalue weighted by Gasteiger charge is 2.21. The average molecular weight is 346 g/mol. The number of anilines is 1. The van der Waals surface area contributed by atoms with Gasteiger partial charge in [-0.3, -0.25) is 0 Å². The summed E-state index contributed by atoms with van der Waals surface area (Å²) >= 11 is 3.60. The Kier molecular flexibility index (Phi) is 3.84. The smallest absolute Gasteiger partial charge is 0.143 e. The summed E-state index contributed by atoms with van der Waals surface area (Å²) < 4.78 is 8.59. The molecule has 1 atom stereocenters. The van der Waals surface area contributed by atoms with E-state index in [-0.39, 0.29) is 6.04 Å². The van der Waals surface area contributed by atoms with Crippen molar-refractivity contribution in [3.8, 4) is 0 Å². The van der Waals surface area contributed by atoms with Gasteiger partial charge in [0.1, 0.15) is 17.6 Å². The first kappa shape index (κ1) is 13.9. The number of hydrogen-bond donors (Lipinski definition) is 1. The van der Waals surface area contributed by atoms with Crippen LogP contribution < -0.4 is 5.32 Å². The maximum Gasteiger partial charge on any atom is 0.143 e. The van der Waals surface area contributed by atoms with Gasteiger partial charge < -0.3 is 14.3 Å². The van der Waals surface area contributed by atoms with Gasteiger partial charge in [0.05, 0.1) is 6.26 Å². The van der Waals surface area contributed by atoms with Gasteiger partial charge in [0, 0.05) is 29.6 Å². The van der Waals surface area contributed by atoms with E-state index in [0.29, 0.717) is 0 Å². The summed E-state index contributed by atoms with van der Waals surface area (Å²) in [7, 11) is 1.98. The molecule has 0 bridgehead atoms. The van der Waals surface area contributed by atoms with Gasteiger partial charge in [0.15, 0.2) is 0 Å². The fourth-order valence-electron chi connectivity index (χ4n) is 2.27. The molecule has 0 saturated carbocycles. The molecule has 0 aliphatic carbocycles. The number of furan rings is 1. The van der Waals surface area contributed by atoms with Gasteiger partial charge in [-0.25, -0.2) is 4.98 Å². The first-order valence-corrected chi connectivity index (χ1v) is 7.48. The minimum atomic E-state index is -0.140. The monoisotopic (exact) mass is 345 g/mol. The van der Waals surface area contributed by atoms with E-state index < -0.39 is 0 Å². The minimum Gasteiger partial charge on any atom is -0.467 e.